The van der Waals surface area contributed by atoms with Crippen LogP contribution in [0.3, 0.4) is 0 Å². The van der Waals surface area contributed by atoms with Crippen molar-refractivity contribution >= 4 is 27.6 Å². The highest BCUT2D eigenvalue weighted by Crippen LogP contribution is 2.20. The third-order valence-electron chi connectivity index (χ3n) is 2.30. The molecule has 0 atom stereocenters. The molecule has 0 fully saturated rings. The SMILES string of the molecule is CCCCNS(=O)(=O)c1ccc(C(=O)O)c(Cl)c1. The lowest BCUT2D eigenvalue weighted by Gasteiger charge is -2.07. The van der Waals surface area contributed by atoms with Gasteiger partial charge in [0.15, 0.2) is 0 Å². The fourth-order valence-corrected chi connectivity index (χ4v) is 2.73. The highest BCUT2D eigenvalue weighted by molar-refractivity contribution is 7.89. The summed E-state index contributed by atoms with van der Waals surface area (Å²) in [6.07, 6.45) is 1.61. The number of carbonyl (C=O) groups is 1. The second-order valence-electron chi connectivity index (χ2n) is 3.70. The Morgan fingerprint density at radius 2 is 2.11 bits per heavy atom. The topological polar surface area (TPSA) is 83.5 Å². The van der Waals surface area contributed by atoms with Gasteiger partial charge in [-0.25, -0.2) is 17.9 Å². The van der Waals surface area contributed by atoms with Crippen molar-refractivity contribution < 1.29 is 18.3 Å². The fraction of sp³-hybridized carbons (Fsp3) is 0.364. The van der Waals surface area contributed by atoms with Gasteiger partial charge in [0.25, 0.3) is 0 Å². The summed E-state index contributed by atoms with van der Waals surface area (Å²) in [6.45, 7) is 2.30. The largest absolute Gasteiger partial charge is 0.478 e. The first-order chi connectivity index (χ1) is 8.38. The van der Waals surface area contributed by atoms with E-state index in [1.165, 1.54) is 12.1 Å². The minimum Gasteiger partial charge on any atom is -0.478 e. The van der Waals surface area contributed by atoms with Gasteiger partial charge in [-0.1, -0.05) is 24.9 Å². The number of hydrogen-bond donors (Lipinski definition) is 2. The van der Waals surface area contributed by atoms with E-state index in [1.807, 2.05) is 6.92 Å². The Hall–Kier alpha value is -1.11. The molecular weight excluding hydrogens is 278 g/mol. The number of benzene rings is 1. The van der Waals surface area contributed by atoms with Gasteiger partial charge in [-0.15, -0.1) is 0 Å². The number of carboxylic acids is 1. The van der Waals surface area contributed by atoms with Crippen LogP contribution >= 0.6 is 11.6 Å². The van der Waals surface area contributed by atoms with Crippen LogP contribution in [0, 0.1) is 0 Å². The van der Waals surface area contributed by atoms with Crippen molar-refractivity contribution in [1.29, 1.82) is 0 Å². The van der Waals surface area contributed by atoms with Crippen LogP contribution in [0.2, 0.25) is 5.02 Å². The first-order valence-electron chi connectivity index (χ1n) is 5.41. The first kappa shape index (κ1) is 14.9. The molecule has 0 saturated carbocycles. The van der Waals surface area contributed by atoms with Crippen molar-refractivity contribution in [2.45, 2.75) is 24.7 Å². The number of sulfonamides is 1. The van der Waals surface area contributed by atoms with E-state index in [0.29, 0.717) is 6.54 Å². The Morgan fingerprint density at radius 1 is 1.44 bits per heavy atom. The molecule has 0 aliphatic heterocycles. The van der Waals surface area contributed by atoms with E-state index in [-0.39, 0.29) is 15.5 Å². The summed E-state index contributed by atoms with van der Waals surface area (Å²) in [6, 6.07) is 3.54. The summed E-state index contributed by atoms with van der Waals surface area (Å²) >= 11 is 5.72. The molecule has 18 heavy (non-hydrogen) atoms. The maximum absolute atomic E-state index is 11.8. The molecule has 0 radical (unpaired) electrons. The number of carboxylic acid groups (broad SMARTS) is 1. The minimum absolute atomic E-state index is 0.0337. The highest BCUT2D eigenvalue weighted by Gasteiger charge is 2.16. The Morgan fingerprint density at radius 3 is 2.61 bits per heavy atom. The lowest BCUT2D eigenvalue weighted by atomic mass is 10.2. The first-order valence-corrected chi connectivity index (χ1v) is 7.27. The Balaban J connectivity index is 2.97. The molecule has 7 heteroatoms. The predicted octanol–water partition coefficient (Wildman–Crippen LogP) is 2.12. The maximum atomic E-state index is 11.8. The molecule has 0 aromatic heterocycles. The maximum Gasteiger partial charge on any atom is 0.337 e. The van der Waals surface area contributed by atoms with Crippen LogP contribution in [0.15, 0.2) is 23.1 Å². The van der Waals surface area contributed by atoms with Crippen molar-refractivity contribution in [3.8, 4) is 0 Å². The predicted molar refractivity (Wildman–Crippen MR) is 68.5 cm³/mol. The van der Waals surface area contributed by atoms with Crippen molar-refractivity contribution in [2.24, 2.45) is 0 Å². The van der Waals surface area contributed by atoms with E-state index in [1.54, 1.807) is 0 Å². The van der Waals surface area contributed by atoms with Gasteiger partial charge in [0, 0.05) is 6.54 Å². The number of aromatic carboxylic acids is 1. The zero-order valence-corrected chi connectivity index (χ0v) is 11.4. The quantitative estimate of drug-likeness (QED) is 0.786. The monoisotopic (exact) mass is 291 g/mol. The fourth-order valence-electron chi connectivity index (χ4n) is 1.30. The number of rotatable bonds is 6. The summed E-state index contributed by atoms with van der Waals surface area (Å²) in [4.78, 5) is 10.7. The molecule has 5 nitrogen and oxygen atoms in total. The average Bonchev–Trinajstić information content (AvgIpc) is 2.28. The van der Waals surface area contributed by atoms with E-state index in [9.17, 15) is 13.2 Å². The van der Waals surface area contributed by atoms with E-state index >= 15 is 0 Å². The van der Waals surface area contributed by atoms with Crippen LogP contribution < -0.4 is 4.72 Å². The van der Waals surface area contributed by atoms with Crippen LogP contribution in [0.1, 0.15) is 30.1 Å². The third kappa shape index (κ3) is 3.69. The molecule has 0 bridgehead atoms. The molecule has 0 aliphatic rings. The second-order valence-corrected chi connectivity index (χ2v) is 5.87. The number of hydrogen-bond acceptors (Lipinski definition) is 3. The molecule has 1 aromatic rings. The Labute approximate surface area is 111 Å². The highest BCUT2D eigenvalue weighted by atomic mass is 35.5. The summed E-state index contributed by atoms with van der Waals surface area (Å²) in [5.74, 6) is -1.19. The molecule has 1 rings (SSSR count). The van der Waals surface area contributed by atoms with Gasteiger partial charge in [0.05, 0.1) is 15.5 Å². The summed E-state index contributed by atoms with van der Waals surface area (Å²) in [7, 11) is -3.62. The summed E-state index contributed by atoms with van der Waals surface area (Å²) < 4.78 is 26.1. The van der Waals surface area contributed by atoms with Gasteiger partial charge in [0.1, 0.15) is 0 Å². The van der Waals surface area contributed by atoms with E-state index in [4.69, 9.17) is 16.7 Å². The summed E-state index contributed by atoms with van der Waals surface area (Å²) in [5, 5.41) is 8.69. The molecule has 1 aromatic carbocycles. The molecular formula is C11H14ClNO4S. The van der Waals surface area contributed by atoms with Crippen LogP contribution in [0.4, 0.5) is 0 Å². The smallest absolute Gasteiger partial charge is 0.337 e. The molecule has 0 amide bonds. The lowest BCUT2D eigenvalue weighted by Crippen LogP contribution is -2.24. The van der Waals surface area contributed by atoms with Gasteiger partial charge in [-0.05, 0) is 24.6 Å². The summed E-state index contributed by atoms with van der Waals surface area (Å²) in [5.41, 5.74) is -0.121. The third-order valence-corrected chi connectivity index (χ3v) is 4.08. The van der Waals surface area contributed by atoms with Gasteiger partial charge >= 0.3 is 5.97 Å². The van der Waals surface area contributed by atoms with Crippen LogP contribution in [0.5, 0.6) is 0 Å². The Kier molecular flexibility index (Phi) is 5.13. The molecule has 0 unspecified atom stereocenters. The minimum atomic E-state index is -3.62. The number of nitrogens with one attached hydrogen (secondary N) is 1. The normalized spacial score (nSPS) is 11.4. The number of unbranched alkanes of at least 4 members (excludes halogenated alkanes) is 1. The van der Waals surface area contributed by atoms with Gasteiger partial charge < -0.3 is 5.11 Å². The van der Waals surface area contributed by atoms with Crippen LogP contribution in [-0.2, 0) is 10.0 Å². The zero-order valence-electron chi connectivity index (χ0n) is 9.81. The van der Waals surface area contributed by atoms with Crippen molar-refractivity contribution in [3.05, 3.63) is 28.8 Å². The molecule has 0 heterocycles. The van der Waals surface area contributed by atoms with Crippen molar-refractivity contribution in [3.63, 3.8) is 0 Å². The Bertz CT molecular complexity index is 542. The van der Waals surface area contributed by atoms with E-state index < -0.39 is 16.0 Å². The van der Waals surface area contributed by atoms with Gasteiger partial charge in [-0.3, -0.25) is 0 Å². The molecule has 0 spiro atoms. The molecule has 0 saturated heterocycles. The molecule has 2 N–H and O–H groups in total. The van der Waals surface area contributed by atoms with Crippen molar-refractivity contribution in [1.82, 2.24) is 4.72 Å². The average molecular weight is 292 g/mol. The van der Waals surface area contributed by atoms with Crippen molar-refractivity contribution in [2.75, 3.05) is 6.54 Å². The van der Waals surface area contributed by atoms with E-state index in [2.05, 4.69) is 4.72 Å². The van der Waals surface area contributed by atoms with E-state index in [0.717, 1.165) is 18.9 Å². The molecule has 0 aliphatic carbocycles. The van der Waals surface area contributed by atoms with Gasteiger partial charge in [0.2, 0.25) is 10.0 Å². The lowest BCUT2D eigenvalue weighted by molar-refractivity contribution is 0.0697. The zero-order chi connectivity index (χ0) is 13.8. The van der Waals surface area contributed by atoms with Crippen LogP contribution in [-0.4, -0.2) is 26.0 Å². The van der Waals surface area contributed by atoms with Gasteiger partial charge in [-0.2, -0.15) is 0 Å². The van der Waals surface area contributed by atoms with Crippen LogP contribution in [0.25, 0.3) is 0 Å². The standard InChI is InChI=1S/C11H14ClNO4S/c1-2-3-6-13-18(16,17)8-4-5-9(11(14)15)10(12)7-8/h4-5,7,13H,2-3,6H2,1H3,(H,14,15). The molecule has 100 valence electrons. The second kappa shape index (κ2) is 6.17. The number of halogens is 1.